The van der Waals surface area contributed by atoms with Crippen LogP contribution in [0.3, 0.4) is 0 Å². The minimum absolute atomic E-state index is 0.285. The number of para-hydroxylation sites is 1. The second-order valence-corrected chi connectivity index (χ2v) is 6.06. The molecule has 110 valence electrons. The van der Waals surface area contributed by atoms with E-state index in [1.165, 1.54) is 24.3 Å². The van der Waals surface area contributed by atoms with Gasteiger partial charge in [0.15, 0.2) is 4.90 Å². The third-order valence-electron chi connectivity index (χ3n) is 2.86. The van der Waals surface area contributed by atoms with E-state index in [4.69, 9.17) is 5.73 Å². The fraction of sp³-hybridized carbons (Fsp3) is 0.0769. The molecule has 0 amide bonds. The number of nitrogens with one attached hydrogen (secondary N) is 1. The summed E-state index contributed by atoms with van der Waals surface area (Å²) in [6.07, 6.45) is 0. The van der Waals surface area contributed by atoms with Crippen molar-refractivity contribution in [1.82, 2.24) is 0 Å². The molecule has 2 rings (SSSR count). The third-order valence-corrected chi connectivity index (χ3v) is 4.27. The van der Waals surface area contributed by atoms with Crippen LogP contribution in [0.2, 0.25) is 0 Å². The lowest BCUT2D eigenvalue weighted by Crippen LogP contribution is -2.15. The number of anilines is 2. The van der Waals surface area contributed by atoms with Gasteiger partial charge in [-0.2, -0.15) is 0 Å². The molecule has 0 aliphatic rings. The van der Waals surface area contributed by atoms with E-state index in [2.05, 4.69) is 4.72 Å². The zero-order valence-electron chi connectivity index (χ0n) is 11.1. The number of hydrogen-bond donors (Lipinski definition) is 2. The van der Waals surface area contributed by atoms with Crippen LogP contribution in [0.4, 0.5) is 17.1 Å². The van der Waals surface area contributed by atoms with Gasteiger partial charge in [0.25, 0.3) is 15.7 Å². The number of nitrogens with zero attached hydrogens (tertiary/aromatic N) is 1. The summed E-state index contributed by atoms with van der Waals surface area (Å²) in [6, 6.07) is 9.91. The lowest BCUT2D eigenvalue weighted by Gasteiger charge is -2.11. The molecule has 0 unspecified atom stereocenters. The van der Waals surface area contributed by atoms with Crippen LogP contribution in [0.1, 0.15) is 5.56 Å². The van der Waals surface area contributed by atoms with Crippen LogP contribution in [0.25, 0.3) is 0 Å². The SMILES string of the molecule is Cc1ccc(N)cc1NS(=O)(=O)c1ccccc1[N+](=O)[O-]. The van der Waals surface area contributed by atoms with Gasteiger partial charge in [-0.05, 0) is 30.7 Å². The number of aryl methyl sites for hydroxylation is 1. The van der Waals surface area contributed by atoms with Gasteiger partial charge < -0.3 is 5.73 Å². The standard InChI is InChI=1S/C13H13N3O4S/c1-9-6-7-10(14)8-11(9)15-21(19,20)13-5-3-2-4-12(13)16(17)18/h2-8,15H,14H2,1H3. The molecule has 7 nitrogen and oxygen atoms in total. The van der Waals surface area contributed by atoms with Crippen molar-refractivity contribution in [3.8, 4) is 0 Å². The minimum Gasteiger partial charge on any atom is -0.399 e. The number of hydrogen-bond acceptors (Lipinski definition) is 5. The molecule has 0 aliphatic heterocycles. The Hall–Kier alpha value is -2.61. The lowest BCUT2D eigenvalue weighted by atomic mass is 10.2. The van der Waals surface area contributed by atoms with Crippen molar-refractivity contribution in [1.29, 1.82) is 0 Å². The maximum absolute atomic E-state index is 12.3. The van der Waals surface area contributed by atoms with E-state index in [1.54, 1.807) is 19.1 Å². The molecule has 0 radical (unpaired) electrons. The number of sulfonamides is 1. The predicted molar refractivity (Wildman–Crippen MR) is 79.5 cm³/mol. The van der Waals surface area contributed by atoms with Crippen molar-refractivity contribution in [2.24, 2.45) is 0 Å². The molecule has 21 heavy (non-hydrogen) atoms. The summed E-state index contributed by atoms with van der Waals surface area (Å²) in [5.41, 5.74) is 6.47. The van der Waals surface area contributed by atoms with E-state index in [1.807, 2.05) is 0 Å². The van der Waals surface area contributed by atoms with E-state index in [-0.39, 0.29) is 5.69 Å². The first-order valence-electron chi connectivity index (χ1n) is 5.93. The Balaban J connectivity index is 2.49. The highest BCUT2D eigenvalue weighted by molar-refractivity contribution is 7.92. The van der Waals surface area contributed by atoms with Crippen molar-refractivity contribution < 1.29 is 13.3 Å². The second-order valence-electron chi connectivity index (χ2n) is 4.40. The molecular weight excluding hydrogens is 294 g/mol. The number of nitrogens with two attached hydrogens (primary N) is 1. The van der Waals surface area contributed by atoms with Crippen LogP contribution >= 0.6 is 0 Å². The van der Waals surface area contributed by atoms with E-state index >= 15 is 0 Å². The molecular formula is C13H13N3O4S. The first-order valence-corrected chi connectivity index (χ1v) is 7.42. The Morgan fingerprint density at radius 1 is 1.19 bits per heavy atom. The van der Waals surface area contributed by atoms with Gasteiger partial charge in [-0.15, -0.1) is 0 Å². The average molecular weight is 307 g/mol. The molecule has 2 aromatic rings. The number of rotatable bonds is 4. The van der Waals surface area contributed by atoms with Crippen LogP contribution < -0.4 is 10.5 Å². The predicted octanol–water partition coefficient (Wildman–Crippen LogP) is 2.29. The molecule has 0 bridgehead atoms. The summed E-state index contributed by atoms with van der Waals surface area (Å²) >= 11 is 0. The van der Waals surface area contributed by atoms with E-state index < -0.39 is 25.5 Å². The van der Waals surface area contributed by atoms with Crippen LogP contribution in [0, 0.1) is 17.0 Å². The van der Waals surface area contributed by atoms with E-state index in [0.717, 1.165) is 6.07 Å². The Kier molecular flexibility index (Phi) is 3.81. The molecule has 3 N–H and O–H groups in total. The van der Waals surface area contributed by atoms with Gasteiger partial charge in [-0.3, -0.25) is 14.8 Å². The fourth-order valence-electron chi connectivity index (χ4n) is 1.78. The molecule has 0 heterocycles. The minimum atomic E-state index is -4.08. The highest BCUT2D eigenvalue weighted by atomic mass is 32.2. The summed E-state index contributed by atoms with van der Waals surface area (Å²) in [7, 11) is -4.08. The Morgan fingerprint density at radius 3 is 2.52 bits per heavy atom. The Labute approximate surface area is 121 Å². The molecule has 2 aromatic carbocycles. The molecule has 0 aliphatic carbocycles. The first-order chi connectivity index (χ1) is 9.81. The lowest BCUT2D eigenvalue weighted by molar-refractivity contribution is -0.387. The summed E-state index contributed by atoms with van der Waals surface area (Å²) < 4.78 is 27.0. The third kappa shape index (κ3) is 3.11. The summed E-state index contributed by atoms with van der Waals surface area (Å²) in [5, 5.41) is 10.9. The Bertz CT molecular complexity index is 803. The summed E-state index contributed by atoms with van der Waals surface area (Å²) in [6.45, 7) is 1.71. The summed E-state index contributed by atoms with van der Waals surface area (Å²) in [5.74, 6) is 0. The van der Waals surface area contributed by atoms with Gasteiger partial charge >= 0.3 is 0 Å². The van der Waals surface area contributed by atoms with Gasteiger partial charge in [0.05, 0.1) is 10.6 Å². The highest BCUT2D eigenvalue weighted by Crippen LogP contribution is 2.27. The zero-order chi connectivity index (χ0) is 15.6. The van der Waals surface area contributed by atoms with E-state index in [9.17, 15) is 18.5 Å². The summed E-state index contributed by atoms with van der Waals surface area (Å²) in [4.78, 5) is 9.81. The molecule has 8 heteroatoms. The van der Waals surface area contributed by atoms with Crippen LogP contribution in [0.5, 0.6) is 0 Å². The smallest absolute Gasteiger partial charge is 0.289 e. The molecule has 0 aromatic heterocycles. The van der Waals surface area contributed by atoms with Crippen LogP contribution in [-0.2, 0) is 10.0 Å². The van der Waals surface area contributed by atoms with Crippen molar-refractivity contribution in [3.05, 3.63) is 58.1 Å². The normalized spacial score (nSPS) is 11.1. The van der Waals surface area contributed by atoms with Crippen molar-refractivity contribution >= 4 is 27.1 Å². The zero-order valence-corrected chi connectivity index (χ0v) is 11.9. The number of benzene rings is 2. The average Bonchev–Trinajstić information content (AvgIpc) is 2.42. The maximum atomic E-state index is 12.3. The number of nitro benzene ring substituents is 1. The number of nitro groups is 1. The fourth-order valence-corrected chi connectivity index (χ4v) is 3.08. The number of nitrogen functional groups attached to an aromatic ring is 1. The topological polar surface area (TPSA) is 115 Å². The van der Waals surface area contributed by atoms with Gasteiger partial charge in [0.1, 0.15) is 0 Å². The van der Waals surface area contributed by atoms with Crippen LogP contribution in [0.15, 0.2) is 47.4 Å². The molecule has 0 atom stereocenters. The Morgan fingerprint density at radius 2 is 1.86 bits per heavy atom. The van der Waals surface area contributed by atoms with Gasteiger partial charge in [-0.1, -0.05) is 18.2 Å². The molecule has 0 spiro atoms. The maximum Gasteiger partial charge on any atom is 0.289 e. The van der Waals surface area contributed by atoms with Crippen molar-refractivity contribution in [2.75, 3.05) is 10.5 Å². The van der Waals surface area contributed by atoms with Gasteiger partial charge in [0, 0.05) is 11.8 Å². The largest absolute Gasteiger partial charge is 0.399 e. The second kappa shape index (κ2) is 5.41. The molecule has 0 fully saturated rings. The van der Waals surface area contributed by atoms with Crippen molar-refractivity contribution in [3.63, 3.8) is 0 Å². The van der Waals surface area contributed by atoms with Crippen LogP contribution in [-0.4, -0.2) is 13.3 Å². The van der Waals surface area contributed by atoms with Gasteiger partial charge in [0.2, 0.25) is 0 Å². The molecule has 0 saturated carbocycles. The van der Waals surface area contributed by atoms with E-state index in [0.29, 0.717) is 11.3 Å². The quantitative estimate of drug-likeness (QED) is 0.511. The first kappa shape index (κ1) is 14.8. The van der Waals surface area contributed by atoms with Gasteiger partial charge in [-0.25, -0.2) is 8.42 Å². The van der Waals surface area contributed by atoms with Crippen molar-refractivity contribution in [2.45, 2.75) is 11.8 Å². The molecule has 0 saturated heterocycles. The highest BCUT2D eigenvalue weighted by Gasteiger charge is 2.25. The monoisotopic (exact) mass is 307 g/mol.